The number of hydrogen-bond acceptors (Lipinski definition) is 3. The molecule has 0 unspecified atom stereocenters. The van der Waals surface area contributed by atoms with Crippen LogP contribution in [0.4, 0.5) is 0 Å². The van der Waals surface area contributed by atoms with Gasteiger partial charge in [-0.3, -0.25) is 4.98 Å². The van der Waals surface area contributed by atoms with Gasteiger partial charge >= 0.3 is 5.97 Å². The molecule has 0 saturated heterocycles. The van der Waals surface area contributed by atoms with Gasteiger partial charge in [0.25, 0.3) is 0 Å². The second kappa shape index (κ2) is 5.63. The zero-order valence-corrected chi connectivity index (χ0v) is 11.5. The molecule has 21 heavy (non-hydrogen) atoms. The Hall–Kier alpha value is -2.88. The standard InChI is InChI=1S/C17H14N2O2/c1-12-9-13(11-18-10-12)5-6-17(20)21-16-4-2-3-15-14(16)7-8-19-15/h2-11,19H,1H3/b6-5+. The van der Waals surface area contributed by atoms with Crippen molar-refractivity contribution < 1.29 is 9.53 Å². The van der Waals surface area contributed by atoms with E-state index in [-0.39, 0.29) is 0 Å². The Balaban J connectivity index is 1.76. The number of carbonyl (C=O) groups is 1. The summed E-state index contributed by atoms with van der Waals surface area (Å²) in [5.74, 6) is 0.135. The van der Waals surface area contributed by atoms with Crippen LogP contribution in [-0.2, 0) is 4.79 Å². The number of H-pyrrole nitrogens is 1. The van der Waals surface area contributed by atoms with E-state index in [0.717, 1.165) is 22.0 Å². The monoisotopic (exact) mass is 278 g/mol. The first kappa shape index (κ1) is 13.1. The number of esters is 1. The molecular weight excluding hydrogens is 264 g/mol. The molecule has 0 aliphatic carbocycles. The van der Waals surface area contributed by atoms with Gasteiger partial charge in [0, 0.05) is 35.6 Å². The molecule has 4 nitrogen and oxygen atoms in total. The maximum atomic E-state index is 11.9. The van der Waals surface area contributed by atoms with Crippen LogP contribution in [0.5, 0.6) is 5.75 Å². The fourth-order valence-electron chi connectivity index (χ4n) is 2.12. The van der Waals surface area contributed by atoms with E-state index >= 15 is 0 Å². The SMILES string of the molecule is Cc1cncc(/C=C/C(=O)Oc2cccc3[nH]ccc23)c1. The van der Waals surface area contributed by atoms with E-state index < -0.39 is 5.97 Å². The molecular formula is C17H14N2O2. The lowest BCUT2D eigenvalue weighted by molar-refractivity contribution is -0.128. The predicted octanol–water partition coefficient (Wildman–Crippen LogP) is 3.49. The summed E-state index contributed by atoms with van der Waals surface area (Å²) in [6.45, 7) is 1.95. The Morgan fingerprint density at radius 1 is 1.29 bits per heavy atom. The van der Waals surface area contributed by atoms with E-state index in [1.165, 1.54) is 6.08 Å². The zero-order valence-electron chi connectivity index (χ0n) is 11.5. The van der Waals surface area contributed by atoms with Crippen LogP contribution < -0.4 is 4.74 Å². The maximum Gasteiger partial charge on any atom is 0.336 e. The Bertz CT molecular complexity index is 818. The highest BCUT2D eigenvalue weighted by Crippen LogP contribution is 2.24. The summed E-state index contributed by atoms with van der Waals surface area (Å²) in [6, 6.07) is 9.38. The smallest absolute Gasteiger partial charge is 0.336 e. The van der Waals surface area contributed by atoms with Gasteiger partial charge in [-0.15, -0.1) is 0 Å². The van der Waals surface area contributed by atoms with Crippen LogP contribution in [0.2, 0.25) is 0 Å². The molecule has 3 rings (SSSR count). The Labute approximate surface area is 122 Å². The van der Waals surface area contributed by atoms with E-state index in [1.54, 1.807) is 24.5 Å². The summed E-state index contributed by atoms with van der Waals surface area (Å²) in [7, 11) is 0. The molecule has 0 saturated carbocycles. The lowest BCUT2D eigenvalue weighted by Gasteiger charge is -2.02. The van der Waals surface area contributed by atoms with Crippen LogP contribution in [0, 0.1) is 6.92 Å². The topological polar surface area (TPSA) is 55.0 Å². The van der Waals surface area contributed by atoms with Gasteiger partial charge in [-0.05, 0) is 48.4 Å². The van der Waals surface area contributed by atoms with E-state index in [0.29, 0.717) is 5.75 Å². The molecule has 2 heterocycles. The molecule has 3 aromatic rings. The Kier molecular flexibility index (Phi) is 3.51. The van der Waals surface area contributed by atoms with Crippen LogP contribution in [0.25, 0.3) is 17.0 Å². The van der Waals surface area contributed by atoms with Crippen molar-refractivity contribution >= 4 is 22.9 Å². The number of aromatic nitrogens is 2. The number of nitrogens with one attached hydrogen (secondary N) is 1. The summed E-state index contributed by atoms with van der Waals surface area (Å²) in [5, 5.41) is 0.886. The number of pyridine rings is 1. The minimum absolute atomic E-state index is 0.412. The van der Waals surface area contributed by atoms with Gasteiger partial charge in [0.15, 0.2) is 0 Å². The number of fused-ring (bicyclic) bond motifs is 1. The third-order valence-corrected chi connectivity index (χ3v) is 3.07. The van der Waals surface area contributed by atoms with Crippen LogP contribution >= 0.6 is 0 Å². The van der Waals surface area contributed by atoms with Crippen molar-refractivity contribution in [1.29, 1.82) is 0 Å². The third kappa shape index (κ3) is 3.00. The van der Waals surface area contributed by atoms with Gasteiger partial charge in [0.1, 0.15) is 5.75 Å². The number of carbonyl (C=O) groups excluding carboxylic acids is 1. The van der Waals surface area contributed by atoms with Gasteiger partial charge in [-0.2, -0.15) is 0 Å². The first-order valence-corrected chi connectivity index (χ1v) is 6.60. The van der Waals surface area contributed by atoms with E-state index in [9.17, 15) is 4.79 Å². The summed E-state index contributed by atoms with van der Waals surface area (Å²) in [6.07, 6.45) is 8.38. The van der Waals surface area contributed by atoms with Crippen molar-refractivity contribution in [2.24, 2.45) is 0 Å². The molecule has 1 N–H and O–H groups in total. The molecule has 0 bridgehead atoms. The fraction of sp³-hybridized carbons (Fsp3) is 0.0588. The number of nitrogens with zero attached hydrogens (tertiary/aromatic N) is 1. The molecule has 0 amide bonds. The average molecular weight is 278 g/mol. The number of aromatic amines is 1. The molecule has 0 fully saturated rings. The lowest BCUT2D eigenvalue weighted by Crippen LogP contribution is -2.03. The first-order valence-electron chi connectivity index (χ1n) is 6.60. The highest BCUT2D eigenvalue weighted by Gasteiger charge is 2.06. The highest BCUT2D eigenvalue weighted by molar-refractivity contribution is 5.93. The van der Waals surface area contributed by atoms with E-state index in [4.69, 9.17) is 4.74 Å². The number of benzene rings is 1. The van der Waals surface area contributed by atoms with Gasteiger partial charge in [-0.1, -0.05) is 6.07 Å². The summed E-state index contributed by atoms with van der Waals surface area (Å²) in [4.78, 5) is 19.0. The molecule has 0 atom stereocenters. The van der Waals surface area contributed by atoms with E-state index in [1.807, 2.05) is 37.4 Å². The number of hydrogen-bond donors (Lipinski definition) is 1. The van der Waals surface area contributed by atoms with Crippen LogP contribution in [-0.4, -0.2) is 15.9 Å². The normalized spacial score (nSPS) is 11.1. The minimum Gasteiger partial charge on any atom is -0.423 e. The second-order valence-electron chi connectivity index (χ2n) is 4.75. The van der Waals surface area contributed by atoms with Crippen LogP contribution in [0.3, 0.4) is 0 Å². The van der Waals surface area contributed by atoms with Crippen molar-refractivity contribution in [3.8, 4) is 5.75 Å². The molecule has 0 radical (unpaired) electrons. The van der Waals surface area contributed by atoms with Gasteiger partial charge in [-0.25, -0.2) is 4.79 Å². The van der Waals surface area contributed by atoms with Crippen molar-refractivity contribution in [3.05, 3.63) is 66.1 Å². The Morgan fingerprint density at radius 3 is 3.05 bits per heavy atom. The highest BCUT2D eigenvalue weighted by atomic mass is 16.5. The van der Waals surface area contributed by atoms with Crippen LogP contribution in [0.15, 0.2) is 55.0 Å². The summed E-state index contributed by atoms with van der Waals surface area (Å²) < 4.78 is 5.37. The Morgan fingerprint density at radius 2 is 2.19 bits per heavy atom. The zero-order chi connectivity index (χ0) is 14.7. The number of ether oxygens (including phenoxy) is 1. The van der Waals surface area contributed by atoms with Gasteiger partial charge in [0.05, 0.1) is 0 Å². The maximum absolute atomic E-state index is 11.9. The molecule has 0 aliphatic rings. The molecule has 104 valence electrons. The number of rotatable bonds is 3. The summed E-state index contributed by atoms with van der Waals surface area (Å²) >= 11 is 0. The number of aryl methyl sites for hydroxylation is 1. The van der Waals surface area contributed by atoms with E-state index in [2.05, 4.69) is 9.97 Å². The first-order chi connectivity index (χ1) is 10.2. The quantitative estimate of drug-likeness (QED) is 0.453. The largest absolute Gasteiger partial charge is 0.423 e. The third-order valence-electron chi connectivity index (χ3n) is 3.07. The lowest BCUT2D eigenvalue weighted by atomic mass is 10.2. The fourth-order valence-corrected chi connectivity index (χ4v) is 2.12. The predicted molar refractivity (Wildman–Crippen MR) is 81.9 cm³/mol. The van der Waals surface area contributed by atoms with Crippen molar-refractivity contribution in [1.82, 2.24) is 9.97 Å². The second-order valence-corrected chi connectivity index (χ2v) is 4.75. The van der Waals surface area contributed by atoms with Gasteiger partial charge < -0.3 is 9.72 Å². The molecule has 2 aromatic heterocycles. The average Bonchev–Trinajstić information content (AvgIpc) is 2.95. The molecule has 4 heteroatoms. The van der Waals surface area contributed by atoms with Crippen molar-refractivity contribution in [2.75, 3.05) is 0 Å². The van der Waals surface area contributed by atoms with Crippen molar-refractivity contribution in [2.45, 2.75) is 6.92 Å². The van der Waals surface area contributed by atoms with Crippen LogP contribution in [0.1, 0.15) is 11.1 Å². The molecule has 0 spiro atoms. The minimum atomic E-state index is -0.412. The van der Waals surface area contributed by atoms with Gasteiger partial charge in [0.2, 0.25) is 0 Å². The van der Waals surface area contributed by atoms with Crippen molar-refractivity contribution in [3.63, 3.8) is 0 Å². The summed E-state index contributed by atoms with van der Waals surface area (Å²) in [5.41, 5.74) is 2.85. The molecule has 1 aromatic carbocycles. The molecule has 0 aliphatic heterocycles.